The number of carbonyl (C=O) groups is 1. The van der Waals surface area contributed by atoms with Crippen LogP contribution in [0.3, 0.4) is 0 Å². The van der Waals surface area contributed by atoms with Gasteiger partial charge in [0.2, 0.25) is 5.91 Å². The maximum Gasteiger partial charge on any atom is 0.248 e. The molecule has 1 saturated carbocycles. The van der Waals surface area contributed by atoms with E-state index in [1.807, 2.05) is 11.9 Å². The number of rotatable bonds is 4. The van der Waals surface area contributed by atoms with Gasteiger partial charge in [0.05, 0.1) is 6.54 Å². The Bertz CT molecular complexity index is 166. The molecule has 0 radical (unpaired) electrons. The van der Waals surface area contributed by atoms with Crippen molar-refractivity contribution in [3.63, 3.8) is 0 Å². The first kappa shape index (κ1) is 10.5. The predicted octanol–water partition coefficient (Wildman–Crippen LogP) is 0.0983. The number of amides is 1. The van der Waals surface area contributed by atoms with Crippen LogP contribution in [0.4, 0.5) is 0 Å². The molecular weight excluding hydrogens is 166 g/mol. The molecule has 1 aliphatic carbocycles. The molecule has 1 amide bonds. The van der Waals surface area contributed by atoms with Gasteiger partial charge in [-0.3, -0.25) is 15.1 Å². The first-order valence-electron chi connectivity index (χ1n) is 4.90. The molecule has 0 bridgehead atoms. The molecule has 0 heterocycles. The number of hydrogen-bond donors (Lipinski definition) is 2. The van der Waals surface area contributed by atoms with Crippen molar-refractivity contribution in [3.8, 4) is 0 Å². The van der Waals surface area contributed by atoms with Gasteiger partial charge in [0.25, 0.3) is 0 Å². The molecule has 0 aromatic carbocycles. The third kappa shape index (κ3) is 3.74. The molecule has 0 atom stereocenters. The van der Waals surface area contributed by atoms with Crippen LogP contribution >= 0.6 is 0 Å². The van der Waals surface area contributed by atoms with E-state index in [4.69, 9.17) is 5.84 Å². The van der Waals surface area contributed by atoms with E-state index in [9.17, 15) is 4.79 Å². The van der Waals surface area contributed by atoms with Gasteiger partial charge >= 0.3 is 0 Å². The van der Waals surface area contributed by atoms with Gasteiger partial charge in [-0.25, -0.2) is 5.84 Å². The fraction of sp³-hybridized carbons (Fsp3) is 0.889. The maximum atomic E-state index is 10.9. The van der Waals surface area contributed by atoms with Crippen LogP contribution in [0.5, 0.6) is 0 Å². The Morgan fingerprint density at radius 1 is 1.54 bits per heavy atom. The van der Waals surface area contributed by atoms with Gasteiger partial charge in [0, 0.05) is 6.54 Å². The monoisotopic (exact) mass is 185 g/mol. The lowest BCUT2D eigenvalue weighted by atomic mass is 10.1. The number of nitrogens with zero attached hydrogens (tertiary/aromatic N) is 1. The van der Waals surface area contributed by atoms with E-state index < -0.39 is 0 Å². The van der Waals surface area contributed by atoms with Crippen LogP contribution in [0, 0.1) is 5.92 Å². The van der Waals surface area contributed by atoms with E-state index in [-0.39, 0.29) is 5.91 Å². The molecule has 0 aromatic heterocycles. The van der Waals surface area contributed by atoms with E-state index in [1.165, 1.54) is 25.7 Å². The summed E-state index contributed by atoms with van der Waals surface area (Å²) < 4.78 is 0. The van der Waals surface area contributed by atoms with E-state index in [0.717, 1.165) is 12.5 Å². The highest BCUT2D eigenvalue weighted by Gasteiger charge is 2.17. The molecule has 4 heteroatoms. The molecule has 76 valence electrons. The van der Waals surface area contributed by atoms with Crippen molar-refractivity contribution in [2.24, 2.45) is 11.8 Å². The average Bonchev–Trinajstić information content (AvgIpc) is 2.56. The predicted molar refractivity (Wildman–Crippen MR) is 51.8 cm³/mol. The van der Waals surface area contributed by atoms with Gasteiger partial charge in [-0.15, -0.1) is 0 Å². The molecule has 13 heavy (non-hydrogen) atoms. The van der Waals surface area contributed by atoms with E-state index in [0.29, 0.717) is 6.54 Å². The minimum Gasteiger partial charge on any atom is -0.297 e. The zero-order chi connectivity index (χ0) is 9.68. The number of likely N-dealkylation sites (N-methyl/N-ethyl adjacent to an activating group) is 1. The molecule has 0 spiro atoms. The Kier molecular flexibility index (Phi) is 4.18. The zero-order valence-electron chi connectivity index (χ0n) is 8.25. The highest BCUT2D eigenvalue weighted by molar-refractivity contribution is 5.77. The van der Waals surface area contributed by atoms with Crippen molar-refractivity contribution >= 4 is 5.91 Å². The van der Waals surface area contributed by atoms with Gasteiger partial charge in [-0.05, 0) is 25.8 Å². The zero-order valence-corrected chi connectivity index (χ0v) is 8.25. The summed E-state index contributed by atoms with van der Waals surface area (Å²) in [7, 11) is 1.97. The summed E-state index contributed by atoms with van der Waals surface area (Å²) in [6.07, 6.45) is 5.33. The van der Waals surface area contributed by atoms with Gasteiger partial charge in [0.15, 0.2) is 0 Å². The molecule has 0 unspecified atom stereocenters. The SMILES string of the molecule is CN(CC(=O)NN)CC1CCCC1. The third-order valence-corrected chi connectivity index (χ3v) is 2.62. The lowest BCUT2D eigenvalue weighted by Crippen LogP contribution is -2.40. The van der Waals surface area contributed by atoms with E-state index in [2.05, 4.69) is 5.43 Å². The number of hydrogen-bond acceptors (Lipinski definition) is 3. The number of carbonyl (C=O) groups excluding carboxylic acids is 1. The van der Waals surface area contributed by atoms with E-state index >= 15 is 0 Å². The summed E-state index contributed by atoms with van der Waals surface area (Å²) in [6, 6.07) is 0. The van der Waals surface area contributed by atoms with Gasteiger partial charge in [0.1, 0.15) is 0 Å². The van der Waals surface area contributed by atoms with Gasteiger partial charge in [-0.2, -0.15) is 0 Å². The lowest BCUT2D eigenvalue weighted by molar-refractivity contribution is -0.122. The number of hydrazine groups is 1. The van der Waals surface area contributed by atoms with E-state index in [1.54, 1.807) is 0 Å². The molecule has 3 N–H and O–H groups in total. The lowest BCUT2D eigenvalue weighted by Gasteiger charge is -2.19. The maximum absolute atomic E-state index is 10.9. The largest absolute Gasteiger partial charge is 0.297 e. The first-order valence-corrected chi connectivity index (χ1v) is 4.90. The van der Waals surface area contributed by atoms with Crippen LogP contribution in [-0.2, 0) is 4.79 Å². The quantitative estimate of drug-likeness (QED) is 0.371. The standard InChI is InChI=1S/C9H19N3O/c1-12(7-9(13)11-10)6-8-4-2-3-5-8/h8H,2-7,10H2,1H3,(H,11,13). The van der Waals surface area contributed by atoms with Crippen molar-refractivity contribution in [2.75, 3.05) is 20.1 Å². The number of nitrogens with two attached hydrogens (primary N) is 1. The average molecular weight is 185 g/mol. The summed E-state index contributed by atoms with van der Waals surface area (Å²) in [5, 5.41) is 0. The highest BCUT2D eigenvalue weighted by atomic mass is 16.2. The summed E-state index contributed by atoms with van der Waals surface area (Å²) in [5.74, 6) is 5.68. The van der Waals surface area contributed by atoms with Gasteiger partial charge < -0.3 is 0 Å². The Balaban J connectivity index is 2.16. The summed E-state index contributed by atoms with van der Waals surface area (Å²) in [4.78, 5) is 13.0. The Hall–Kier alpha value is -0.610. The second kappa shape index (κ2) is 5.19. The first-order chi connectivity index (χ1) is 6.22. The van der Waals surface area contributed by atoms with Crippen molar-refractivity contribution in [1.29, 1.82) is 0 Å². The fourth-order valence-electron chi connectivity index (χ4n) is 1.99. The van der Waals surface area contributed by atoms with Crippen LogP contribution in [0.1, 0.15) is 25.7 Å². The highest BCUT2D eigenvalue weighted by Crippen LogP contribution is 2.24. The Morgan fingerprint density at radius 3 is 2.69 bits per heavy atom. The molecule has 1 rings (SSSR count). The Labute approximate surface area is 79.4 Å². The van der Waals surface area contributed by atoms with Crippen molar-refractivity contribution in [3.05, 3.63) is 0 Å². The topological polar surface area (TPSA) is 58.4 Å². The molecule has 0 aromatic rings. The van der Waals surface area contributed by atoms with Crippen molar-refractivity contribution in [2.45, 2.75) is 25.7 Å². The van der Waals surface area contributed by atoms with Crippen LogP contribution in [0.15, 0.2) is 0 Å². The minimum absolute atomic E-state index is 0.111. The fourth-order valence-corrected chi connectivity index (χ4v) is 1.99. The normalized spacial score (nSPS) is 18.1. The van der Waals surface area contributed by atoms with Gasteiger partial charge in [-0.1, -0.05) is 12.8 Å². The molecule has 1 aliphatic rings. The number of nitrogens with one attached hydrogen (secondary N) is 1. The third-order valence-electron chi connectivity index (χ3n) is 2.62. The smallest absolute Gasteiger partial charge is 0.248 e. The summed E-state index contributed by atoms with van der Waals surface area (Å²) >= 11 is 0. The van der Waals surface area contributed by atoms with Crippen molar-refractivity contribution in [1.82, 2.24) is 10.3 Å². The minimum atomic E-state index is -0.111. The van der Waals surface area contributed by atoms with Crippen LogP contribution in [-0.4, -0.2) is 30.9 Å². The second-order valence-electron chi connectivity index (χ2n) is 3.91. The molecule has 0 saturated heterocycles. The summed E-state index contributed by atoms with van der Waals surface area (Å²) in [6.45, 7) is 1.43. The van der Waals surface area contributed by atoms with Crippen LogP contribution in [0.2, 0.25) is 0 Å². The summed E-state index contributed by atoms with van der Waals surface area (Å²) in [5.41, 5.74) is 2.14. The molecule has 4 nitrogen and oxygen atoms in total. The van der Waals surface area contributed by atoms with Crippen molar-refractivity contribution < 1.29 is 4.79 Å². The molecule has 1 fully saturated rings. The molecule has 0 aliphatic heterocycles. The van der Waals surface area contributed by atoms with Crippen LogP contribution in [0.25, 0.3) is 0 Å². The Morgan fingerprint density at radius 2 is 2.15 bits per heavy atom. The van der Waals surface area contributed by atoms with Crippen LogP contribution < -0.4 is 11.3 Å². The molecular formula is C9H19N3O. The second-order valence-corrected chi connectivity index (χ2v) is 3.91.